The van der Waals surface area contributed by atoms with Crippen molar-refractivity contribution in [1.29, 1.82) is 0 Å². The van der Waals surface area contributed by atoms with Gasteiger partial charge in [-0.15, -0.1) is 0 Å². The quantitative estimate of drug-likeness (QED) is 0.761. The minimum Gasteiger partial charge on any atom is -0.326 e. The van der Waals surface area contributed by atoms with Crippen LogP contribution in [-0.2, 0) is 19.6 Å². The number of rotatable bonds is 7. The highest BCUT2D eigenvalue weighted by atomic mass is 32.2. The lowest BCUT2D eigenvalue weighted by Gasteiger charge is -2.16. The molecule has 1 aliphatic heterocycles. The molecule has 2 N–H and O–H groups in total. The Kier molecular flexibility index (Phi) is 5.88. The predicted molar refractivity (Wildman–Crippen MR) is 103 cm³/mol. The molecule has 1 heterocycles. The number of benzene rings is 2. The fourth-order valence-corrected chi connectivity index (χ4v) is 3.90. The molecule has 2 aromatic carbocycles. The topological polar surface area (TPSA) is 95.6 Å². The van der Waals surface area contributed by atoms with Gasteiger partial charge in [0.2, 0.25) is 21.8 Å². The smallest absolute Gasteiger partial charge is 0.240 e. The Morgan fingerprint density at radius 1 is 1.04 bits per heavy atom. The molecule has 0 unspecified atom stereocenters. The standard InChI is InChI=1S/C19H21N3O4S/c23-18(12-13-20-27(25,26)17-5-2-1-3-6-17)21-15-8-10-16(11-9-15)22-14-4-7-19(22)24/h1-3,5-6,8-11,20H,4,7,12-14H2,(H,21,23). The zero-order valence-corrected chi connectivity index (χ0v) is 15.5. The second-order valence-electron chi connectivity index (χ2n) is 6.20. The number of amides is 2. The normalized spacial score (nSPS) is 14.4. The summed E-state index contributed by atoms with van der Waals surface area (Å²) in [5.74, 6) is -0.187. The molecule has 1 saturated heterocycles. The molecule has 3 rings (SSSR count). The molecule has 7 nitrogen and oxygen atoms in total. The van der Waals surface area contributed by atoms with Crippen molar-refractivity contribution < 1.29 is 18.0 Å². The van der Waals surface area contributed by atoms with Gasteiger partial charge in [0.25, 0.3) is 0 Å². The third-order valence-corrected chi connectivity index (χ3v) is 5.71. The van der Waals surface area contributed by atoms with Gasteiger partial charge < -0.3 is 10.2 Å². The molecule has 0 saturated carbocycles. The molecule has 0 aliphatic carbocycles. The summed E-state index contributed by atoms with van der Waals surface area (Å²) in [4.78, 5) is 25.6. The number of nitrogens with zero attached hydrogens (tertiary/aromatic N) is 1. The van der Waals surface area contributed by atoms with Crippen LogP contribution in [0.2, 0.25) is 0 Å². The highest BCUT2D eigenvalue weighted by molar-refractivity contribution is 7.89. The first-order chi connectivity index (χ1) is 13.0. The van der Waals surface area contributed by atoms with Crippen molar-refractivity contribution >= 4 is 33.2 Å². The monoisotopic (exact) mass is 387 g/mol. The summed E-state index contributed by atoms with van der Waals surface area (Å²) in [5, 5.41) is 2.72. The van der Waals surface area contributed by atoms with Gasteiger partial charge >= 0.3 is 0 Å². The summed E-state index contributed by atoms with van der Waals surface area (Å²) in [5.41, 5.74) is 1.41. The fraction of sp³-hybridized carbons (Fsp3) is 0.263. The molecule has 1 fully saturated rings. The maximum Gasteiger partial charge on any atom is 0.240 e. The van der Waals surface area contributed by atoms with E-state index in [1.807, 2.05) is 0 Å². The van der Waals surface area contributed by atoms with Crippen LogP contribution in [0.5, 0.6) is 0 Å². The average molecular weight is 387 g/mol. The Morgan fingerprint density at radius 3 is 2.37 bits per heavy atom. The van der Waals surface area contributed by atoms with E-state index < -0.39 is 10.0 Å². The zero-order valence-electron chi connectivity index (χ0n) is 14.7. The highest BCUT2D eigenvalue weighted by Crippen LogP contribution is 2.23. The Morgan fingerprint density at radius 2 is 1.74 bits per heavy atom. The molecule has 142 valence electrons. The molecular weight excluding hydrogens is 366 g/mol. The molecule has 8 heteroatoms. The first-order valence-electron chi connectivity index (χ1n) is 8.71. The van der Waals surface area contributed by atoms with Gasteiger partial charge in [-0.25, -0.2) is 13.1 Å². The van der Waals surface area contributed by atoms with Crippen LogP contribution >= 0.6 is 0 Å². The summed E-state index contributed by atoms with van der Waals surface area (Å²) >= 11 is 0. The molecule has 27 heavy (non-hydrogen) atoms. The van der Waals surface area contributed by atoms with Crippen LogP contribution in [-0.4, -0.2) is 33.3 Å². The van der Waals surface area contributed by atoms with Crippen molar-refractivity contribution in [2.24, 2.45) is 0 Å². The van der Waals surface area contributed by atoms with Crippen molar-refractivity contribution in [3.63, 3.8) is 0 Å². The lowest BCUT2D eigenvalue weighted by Crippen LogP contribution is -2.27. The largest absolute Gasteiger partial charge is 0.326 e. The Bertz CT molecular complexity index is 912. The first kappa shape index (κ1) is 19.1. The van der Waals surface area contributed by atoms with Crippen molar-refractivity contribution in [3.05, 3.63) is 54.6 Å². The third kappa shape index (κ3) is 4.93. The molecule has 1 aliphatic rings. The van der Waals surface area contributed by atoms with E-state index in [9.17, 15) is 18.0 Å². The van der Waals surface area contributed by atoms with Crippen LogP contribution in [0.3, 0.4) is 0 Å². The van der Waals surface area contributed by atoms with Crippen LogP contribution in [0, 0.1) is 0 Å². The van der Waals surface area contributed by atoms with Crippen LogP contribution < -0.4 is 14.9 Å². The van der Waals surface area contributed by atoms with Gasteiger partial charge in [0.05, 0.1) is 4.90 Å². The van der Waals surface area contributed by atoms with Crippen LogP contribution in [0.15, 0.2) is 59.5 Å². The lowest BCUT2D eigenvalue weighted by atomic mass is 10.2. The molecule has 0 spiro atoms. The minimum atomic E-state index is -3.62. The van der Waals surface area contributed by atoms with Crippen molar-refractivity contribution in [2.75, 3.05) is 23.3 Å². The molecular formula is C19H21N3O4S. The Balaban J connectivity index is 1.49. The van der Waals surface area contributed by atoms with Crippen molar-refractivity contribution in [1.82, 2.24) is 4.72 Å². The van der Waals surface area contributed by atoms with E-state index in [0.717, 1.165) is 12.1 Å². The number of hydrogen-bond acceptors (Lipinski definition) is 4. The fourth-order valence-electron chi connectivity index (χ4n) is 2.85. The van der Waals surface area contributed by atoms with E-state index in [1.54, 1.807) is 47.4 Å². The minimum absolute atomic E-state index is 0.00340. The molecule has 0 aromatic heterocycles. The van der Waals surface area contributed by atoms with Gasteiger partial charge in [-0.2, -0.15) is 0 Å². The van der Waals surface area contributed by atoms with Gasteiger partial charge in [0.1, 0.15) is 0 Å². The van der Waals surface area contributed by atoms with Crippen LogP contribution in [0.4, 0.5) is 11.4 Å². The molecule has 0 bridgehead atoms. The summed E-state index contributed by atoms with van der Waals surface area (Å²) in [6.07, 6.45) is 1.44. The van der Waals surface area contributed by atoms with Gasteiger partial charge in [0, 0.05) is 37.3 Å². The van der Waals surface area contributed by atoms with E-state index >= 15 is 0 Å². The van der Waals surface area contributed by atoms with E-state index in [2.05, 4.69) is 10.0 Å². The maximum atomic E-state index is 12.1. The average Bonchev–Trinajstić information content (AvgIpc) is 3.09. The number of carbonyl (C=O) groups is 2. The molecule has 0 atom stereocenters. The highest BCUT2D eigenvalue weighted by Gasteiger charge is 2.21. The summed E-state index contributed by atoms with van der Waals surface area (Å²) in [6.45, 7) is 0.718. The summed E-state index contributed by atoms with van der Waals surface area (Å²) in [6, 6.07) is 15.0. The first-order valence-corrected chi connectivity index (χ1v) is 10.2. The van der Waals surface area contributed by atoms with Gasteiger partial charge in [-0.05, 0) is 42.8 Å². The Hall–Kier alpha value is -2.71. The van der Waals surface area contributed by atoms with Gasteiger partial charge in [-0.3, -0.25) is 9.59 Å². The van der Waals surface area contributed by atoms with E-state index in [-0.39, 0.29) is 29.7 Å². The zero-order chi connectivity index (χ0) is 19.3. The molecule has 2 aromatic rings. The summed E-state index contributed by atoms with van der Waals surface area (Å²) in [7, 11) is -3.62. The predicted octanol–water partition coefficient (Wildman–Crippen LogP) is 2.12. The van der Waals surface area contributed by atoms with Gasteiger partial charge in [0.15, 0.2) is 0 Å². The van der Waals surface area contributed by atoms with Crippen molar-refractivity contribution in [3.8, 4) is 0 Å². The number of carbonyl (C=O) groups excluding carboxylic acids is 2. The van der Waals surface area contributed by atoms with E-state index in [0.29, 0.717) is 18.7 Å². The SMILES string of the molecule is O=C(CCNS(=O)(=O)c1ccccc1)Nc1ccc(N2CCCC2=O)cc1. The number of hydrogen-bond donors (Lipinski definition) is 2. The lowest BCUT2D eigenvalue weighted by molar-refractivity contribution is -0.117. The molecule has 0 radical (unpaired) electrons. The van der Waals surface area contributed by atoms with E-state index in [4.69, 9.17) is 0 Å². The van der Waals surface area contributed by atoms with Crippen molar-refractivity contribution in [2.45, 2.75) is 24.2 Å². The van der Waals surface area contributed by atoms with Crippen LogP contribution in [0.1, 0.15) is 19.3 Å². The second-order valence-corrected chi connectivity index (χ2v) is 7.97. The van der Waals surface area contributed by atoms with E-state index in [1.165, 1.54) is 12.1 Å². The number of sulfonamides is 1. The summed E-state index contributed by atoms with van der Waals surface area (Å²) < 4.78 is 26.6. The van der Waals surface area contributed by atoms with Gasteiger partial charge in [-0.1, -0.05) is 18.2 Å². The number of nitrogens with one attached hydrogen (secondary N) is 2. The van der Waals surface area contributed by atoms with Crippen LogP contribution in [0.25, 0.3) is 0 Å². The third-order valence-electron chi connectivity index (χ3n) is 4.23. The number of anilines is 2. The second kappa shape index (κ2) is 8.32. The molecule has 2 amide bonds. The Labute approximate surface area is 158 Å². The maximum absolute atomic E-state index is 12.1.